The van der Waals surface area contributed by atoms with Crippen molar-refractivity contribution >= 4 is 21.9 Å². The minimum absolute atomic E-state index is 0.188. The lowest BCUT2D eigenvalue weighted by atomic mass is 10.2. The third-order valence-corrected chi connectivity index (χ3v) is 2.39. The zero-order valence-electron chi connectivity index (χ0n) is 7.69. The topological polar surface area (TPSA) is 56.7 Å². The normalized spacial score (nSPS) is 10.5. The third-order valence-electron chi connectivity index (χ3n) is 1.90. The molecule has 0 aliphatic carbocycles. The number of benzene rings is 1. The molecule has 4 nitrogen and oxygen atoms in total. The number of aromatic nitrogens is 3. The minimum Gasteiger partial charge on any atom is -0.367 e. The van der Waals surface area contributed by atoms with Crippen molar-refractivity contribution in [3.8, 4) is 0 Å². The number of nitrogen functional groups attached to an aromatic ring is 1. The van der Waals surface area contributed by atoms with Crippen LogP contribution in [0.3, 0.4) is 0 Å². The van der Waals surface area contributed by atoms with Gasteiger partial charge in [-0.25, -0.2) is 14.1 Å². The van der Waals surface area contributed by atoms with E-state index in [2.05, 4.69) is 26.0 Å². The van der Waals surface area contributed by atoms with Gasteiger partial charge in [-0.15, -0.1) is 5.10 Å². The Labute approximate surface area is 94.1 Å². The Hall–Kier alpha value is -1.43. The smallest absolute Gasteiger partial charge is 0.239 e. The maximum absolute atomic E-state index is 13.4. The first-order valence-corrected chi connectivity index (χ1v) is 5.03. The Balaban J connectivity index is 2.24. The highest BCUT2D eigenvalue weighted by molar-refractivity contribution is 9.10. The van der Waals surface area contributed by atoms with E-state index in [4.69, 9.17) is 5.73 Å². The molecule has 78 valence electrons. The van der Waals surface area contributed by atoms with Crippen LogP contribution in [0.1, 0.15) is 5.56 Å². The Morgan fingerprint density at radius 2 is 2.27 bits per heavy atom. The molecule has 2 N–H and O–H groups in total. The Morgan fingerprint density at radius 3 is 2.87 bits per heavy atom. The van der Waals surface area contributed by atoms with Crippen molar-refractivity contribution in [3.63, 3.8) is 0 Å². The second kappa shape index (κ2) is 3.98. The molecule has 0 aliphatic rings. The van der Waals surface area contributed by atoms with Crippen LogP contribution in [0.15, 0.2) is 29.0 Å². The molecule has 0 radical (unpaired) electrons. The highest BCUT2D eigenvalue weighted by Crippen LogP contribution is 2.15. The van der Waals surface area contributed by atoms with E-state index in [0.717, 1.165) is 0 Å². The summed E-state index contributed by atoms with van der Waals surface area (Å²) in [4.78, 5) is 3.76. The lowest BCUT2D eigenvalue weighted by Crippen LogP contribution is -2.03. The molecule has 0 aliphatic heterocycles. The van der Waals surface area contributed by atoms with Gasteiger partial charge >= 0.3 is 0 Å². The highest BCUT2D eigenvalue weighted by Gasteiger charge is 2.04. The summed E-state index contributed by atoms with van der Waals surface area (Å²) in [6.07, 6.45) is 1.47. The SMILES string of the molecule is Nc1ncn(Cc2ccc(Br)cc2F)n1. The van der Waals surface area contributed by atoms with E-state index in [1.54, 1.807) is 12.1 Å². The van der Waals surface area contributed by atoms with Gasteiger partial charge in [0.05, 0.1) is 6.54 Å². The fraction of sp³-hybridized carbons (Fsp3) is 0.111. The maximum Gasteiger partial charge on any atom is 0.239 e. The molecule has 0 atom stereocenters. The molecule has 6 heteroatoms. The van der Waals surface area contributed by atoms with Gasteiger partial charge in [0.2, 0.25) is 5.95 Å². The fourth-order valence-electron chi connectivity index (χ4n) is 1.21. The molecule has 2 rings (SSSR count). The molecule has 0 unspecified atom stereocenters. The predicted octanol–water partition coefficient (Wildman–Crippen LogP) is 1.81. The number of nitrogens with zero attached hydrogens (tertiary/aromatic N) is 3. The molecule has 0 saturated heterocycles. The quantitative estimate of drug-likeness (QED) is 0.906. The zero-order chi connectivity index (χ0) is 10.8. The summed E-state index contributed by atoms with van der Waals surface area (Å²) >= 11 is 3.19. The molecule has 0 spiro atoms. The van der Waals surface area contributed by atoms with E-state index in [9.17, 15) is 4.39 Å². The Kier molecular flexibility index (Phi) is 2.68. The predicted molar refractivity (Wildman–Crippen MR) is 57.6 cm³/mol. The van der Waals surface area contributed by atoms with Crippen LogP contribution in [-0.2, 0) is 6.54 Å². The molecular weight excluding hydrogens is 263 g/mol. The summed E-state index contributed by atoms with van der Waals surface area (Å²) in [7, 11) is 0. The van der Waals surface area contributed by atoms with Gasteiger partial charge in [-0.05, 0) is 12.1 Å². The molecule has 15 heavy (non-hydrogen) atoms. The molecule has 0 bridgehead atoms. The first kappa shape index (κ1) is 10.1. The Bertz CT molecular complexity index is 483. The highest BCUT2D eigenvalue weighted by atomic mass is 79.9. The van der Waals surface area contributed by atoms with Crippen molar-refractivity contribution < 1.29 is 4.39 Å². The van der Waals surface area contributed by atoms with Gasteiger partial charge in [-0.2, -0.15) is 0 Å². The van der Waals surface area contributed by atoms with Gasteiger partial charge < -0.3 is 5.73 Å². The summed E-state index contributed by atoms with van der Waals surface area (Å²) < 4.78 is 15.6. The largest absolute Gasteiger partial charge is 0.367 e. The number of rotatable bonds is 2. The van der Waals surface area contributed by atoms with Crippen LogP contribution < -0.4 is 5.73 Å². The van der Waals surface area contributed by atoms with E-state index in [1.807, 2.05) is 0 Å². The summed E-state index contributed by atoms with van der Waals surface area (Å²) in [5.41, 5.74) is 5.89. The van der Waals surface area contributed by atoms with Gasteiger partial charge in [0.25, 0.3) is 0 Å². The van der Waals surface area contributed by atoms with E-state index < -0.39 is 0 Å². The van der Waals surface area contributed by atoms with Crippen LogP contribution in [0.25, 0.3) is 0 Å². The van der Waals surface area contributed by atoms with Crippen molar-refractivity contribution in [1.29, 1.82) is 0 Å². The molecule has 1 aromatic heterocycles. The van der Waals surface area contributed by atoms with Crippen LogP contribution in [0.2, 0.25) is 0 Å². The van der Waals surface area contributed by atoms with Gasteiger partial charge in [0.15, 0.2) is 0 Å². The van der Waals surface area contributed by atoms with Crippen molar-refractivity contribution in [3.05, 3.63) is 40.4 Å². The van der Waals surface area contributed by atoms with Gasteiger partial charge in [-0.1, -0.05) is 22.0 Å². The molecular formula is C9H8BrFN4. The summed E-state index contributed by atoms with van der Waals surface area (Å²) in [5.74, 6) is -0.0917. The van der Waals surface area contributed by atoms with Crippen molar-refractivity contribution in [2.75, 3.05) is 5.73 Å². The van der Waals surface area contributed by atoms with Crippen molar-refractivity contribution in [2.45, 2.75) is 6.54 Å². The molecule has 0 fully saturated rings. The second-order valence-corrected chi connectivity index (χ2v) is 3.95. The average Bonchev–Trinajstić information content (AvgIpc) is 2.56. The summed E-state index contributed by atoms with van der Waals surface area (Å²) in [6.45, 7) is 0.323. The molecule has 0 saturated carbocycles. The van der Waals surface area contributed by atoms with E-state index in [0.29, 0.717) is 16.6 Å². The van der Waals surface area contributed by atoms with Crippen molar-refractivity contribution in [1.82, 2.24) is 14.8 Å². The average molecular weight is 271 g/mol. The fourth-order valence-corrected chi connectivity index (χ4v) is 1.54. The van der Waals surface area contributed by atoms with Gasteiger partial charge in [0.1, 0.15) is 12.1 Å². The van der Waals surface area contributed by atoms with Crippen LogP contribution in [-0.4, -0.2) is 14.8 Å². The second-order valence-electron chi connectivity index (χ2n) is 3.04. The molecule has 1 aromatic carbocycles. The zero-order valence-corrected chi connectivity index (χ0v) is 9.28. The first-order valence-electron chi connectivity index (χ1n) is 4.24. The molecule has 0 amide bonds. The number of hydrogen-bond acceptors (Lipinski definition) is 3. The van der Waals surface area contributed by atoms with E-state index in [-0.39, 0.29) is 11.8 Å². The standard InChI is InChI=1S/C9H8BrFN4/c10-7-2-1-6(8(11)3-7)4-15-5-13-9(12)14-15/h1-3,5H,4H2,(H2,12,14). The van der Waals surface area contributed by atoms with Gasteiger partial charge in [0, 0.05) is 10.0 Å². The summed E-state index contributed by atoms with van der Waals surface area (Å²) in [6, 6.07) is 4.88. The number of anilines is 1. The van der Waals surface area contributed by atoms with Crippen LogP contribution in [0.5, 0.6) is 0 Å². The molecule has 1 heterocycles. The number of nitrogens with two attached hydrogens (primary N) is 1. The molecule has 2 aromatic rings. The number of hydrogen-bond donors (Lipinski definition) is 1. The van der Waals surface area contributed by atoms with E-state index >= 15 is 0 Å². The monoisotopic (exact) mass is 270 g/mol. The Morgan fingerprint density at radius 1 is 1.47 bits per heavy atom. The van der Waals surface area contributed by atoms with E-state index in [1.165, 1.54) is 17.1 Å². The van der Waals surface area contributed by atoms with Crippen LogP contribution in [0.4, 0.5) is 10.3 Å². The lowest BCUT2D eigenvalue weighted by molar-refractivity contribution is 0.584. The third kappa shape index (κ3) is 2.33. The minimum atomic E-state index is -0.279. The maximum atomic E-state index is 13.4. The first-order chi connectivity index (χ1) is 7.15. The number of halogens is 2. The lowest BCUT2D eigenvalue weighted by Gasteiger charge is -2.02. The van der Waals surface area contributed by atoms with Crippen molar-refractivity contribution in [2.24, 2.45) is 0 Å². The van der Waals surface area contributed by atoms with Crippen LogP contribution >= 0.6 is 15.9 Å². The van der Waals surface area contributed by atoms with Crippen LogP contribution in [0, 0.1) is 5.82 Å². The van der Waals surface area contributed by atoms with Gasteiger partial charge in [-0.3, -0.25) is 0 Å². The summed E-state index contributed by atoms with van der Waals surface area (Å²) in [5, 5.41) is 3.87.